The zero-order valence-corrected chi connectivity index (χ0v) is 12.2. The van der Waals surface area contributed by atoms with Crippen LogP contribution < -0.4 is 10.6 Å². The van der Waals surface area contributed by atoms with Crippen molar-refractivity contribution in [3.05, 3.63) is 11.1 Å². The predicted octanol–water partition coefficient (Wildman–Crippen LogP) is 0.756. The van der Waals surface area contributed by atoms with Crippen LogP contribution in [-0.2, 0) is 4.79 Å². The topological polar surface area (TPSA) is 82.7 Å². The van der Waals surface area contributed by atoms with Crippen molar-refractivity contribution in [2.75, 3.05) is 25.0 Å². The number of nitrogens with zero attached hydrogens (tertiary/aromatic N) is 3. The van der Waals surface area contributed by atoms with Crippen molar-refractivity contribution in [3.63, 3.8) is 0 Å². The minimum atomic E-state index is -1.04. The maximum Gasteiger partial charge on any atom is 0.326 e. The van der Waals surface area contributed by atoms with Crippen LogP contribution in [0.3, 0.4) is 0 Å². The number of aromatic nitrogens is 1. The SMILES string of the molecule is CC1CN(c2nc(C(N)C(=O)O)cs2)CC(C)N1C. The molecule has 0 radical (unpaired) electrons. The minimum Gasteiger partial charge on any atom is -0.480 e. The number of carboxylic acid groups (broad SMARTS) is 1. The summed E-state index contributed by atoms with van der Waals surface area (Å²) >= 11 is 1.46. The molecule has 0 amide bonds. The number of anilines is 1. The van der Waals surface area contributed by atoms with Crippen molar-refractivity contribution in [2.45, 2.75) is 32.0 Å². The zero-order valence-electron chi connectivity index (χ0n) is 11.4. The van der Waals surface area contributed by atoms with Gasteiger partial charge in [-0.15, -0.1) is 11.3 Å². The van der Waals surface area contributed by atoms with Gasteiger partial charge in [-0.1, -0.05) is 0 Å². The molecule has 6 nitrogen and oxygen atoms in total. The van der Waals surface area contributed by atoms with E-state index in [0.717, 1.165) is 18.2 Å². The summed E-state index contributed by atoms with van der Waals surface area (Å²) in [6.07, 6.45) is 0. The van der Waals surface area contributed by atoms with Gasteiger partial charge in [0.2, 0.25) is 0 Å². The van der Waals surface area contributed by atoms with Crippen LogP contribution in [0.4, 0.5) is 5.13 Å². The summed E-state index contributed by atoms with van der Waals surface area (Å²) in [4.78, 5) is 19.8. The number of likely N-dealkylation sites (N-methyl/N-ethyl adjacent to an activating group) is 1. The smallest absolute Gasteiger partial charge is 0.326 e. The molecule has 106 valence electrons. The summed E-state index contributed by atoms with van der Waals surface area (Å²) in [5.41, 5.74) is 6.01. The molecule has 1 aromatic heterocycles. The van der Waals surface area contributed by atoms with E-state index in [0.29, 0.717) is 17.8 Å². The van der Waals surface area contributed by atoms with E-state index in [1.54, 1.807) is 5.38 Å². The lowest BCUT2D eigenvalue weighted by Gasteiger charge is -2.42. The molecular weight excluding hydrogens is 264 g/mol. The molecule has 3 N–H and O–H groups in total. The Morgan fingerprint density at radius 1 is 1.53 bits per heavy atom. The average molecular weight is 284 g/mol. The second-order valence-corrected chi connectivity index (χ2v) is 5.98. The minimum absolute atomic E-state index is 0.437. The Kier molecular flexibility index (Phi) is 4.07. The molecule has 3 atom stereocenters. The fourth-order valence-corrected chi connectivity index (χ4v) is 3.13. The molecule has 7 heteroatoms. The van der Waals surface area contributed by atoms with Crippen molar-refractivity contribution in [3.8, 4) is 0 Å². The van der Waals surface area contributed by atoms with Crippen molar-refractivity contribution in [1.82, 2.24) is 9.88 Å². The highest BCUT2D eigenvalue weighted by molar-refractivity contribution is 7.13. The van der Waals surface area contributed by atoms with Gasteiger partial charge in [-0.05, 0) is 20.9 Å². The Morgan fingerprint density at radius 3 is 2.63 bits per heavy atom. The number of carboxylic acids is 1. The molecule has 1 fully saturated rings. The standard InChI is InChI=1S/C12H20N4O2S/c1-7-4-16(5-8(2)15(7)3)12-14-9(6-19-12)10(13)11(17)18/h6-8,10H,4-5,13H2,1-3H3,(H,17,18). The van der Waals surface area contributed by atoms with Crippen LogP contribution in [0.5, 0.6) is 0 Å². The fourth-order valence-electron chi connectivity index (χ4n) is 2.25. The lowest BCUT2D eigenvalue weighted by Crippen LogP contribution is -2.55. The highest BCUT2D eigenvalue weighted by atomic mass is 32.1. The highest BCUT2D eigenvalue weighted by Crippen LogP contribution is 2.26. The number of nitrogens with two attached hydrogens (primary N) is 1. The normalized spacial score (nSPS) is 26.4. The number of carbonyl (C=O) groups is 1. The third kappa shape index (κ3) is 2.88. The van der Waals surface area contributed by atoms with Crippen LogP contribution in [0.2, 0.25) is 0 Å². The maximum atomic E-state index is 10.9. The quantitative estimate of drug-likeness (QED) is 0.852. The second-order valence-electron chi connectivity index (χ2n) is 5.14. The lowest BCUT2D eigenvalue weighted by molar-refractivity contribution is -0.138. The highest BCUT2D eigenvalue weighted by Gasteiger charge is 2.28. The van der Waals surface area contributed by atoms with Crippen molar-refractivity contribution in [2.24, 2.45) is 5.73 Å². The first-order chi connectivity index (χ1) is 8.90. The van der Waals surface area contributed by atoms with Crippen molar-refractivity contribution < 1.29 is 9.90 Å². The Morgan fingerprint density at radius 2 is 2.11 bits per heavy atom. The van der Waals surface area contributed by atoms with Crippen LogP contribution in [0.25, 0.3) is 0 Å². The maximum absolute atomic E-state index is 10.9. The van der Waals surface area contributed by atoms with Gasteiger partial charge >= 0.3 is 5.97 Å². The van der Waals surface area contributed by atoms with E-state index >= 15 is 0 Å². The monoisotopic (exact) mass is 284 g/mol. The number of aliphatic carboxylic acids is 1. The van der Waals surface area contributed by atoms with Crippen LogP contribution in [-0.4, -0.2) is 53.2 Å². The second kappa shape index (κ2) is 5.44. The summed E-state index contributed by atoms with van der Waals surface area (Å²) in [7, 11) is 2.13. The number of rotatable bonds is 3. The molecule has 19 heavy (non-hydrogen) atoms. The molecule has 1 aliphatic rings. The van der Waals surface area contributed by atoms with Gasteiger partial charge in [-0.25, -0.2) is 4.98 Å². The molecular formula is C12H20N4O2S. The van der Waals surface area contributed by atoms with E-state index < -0.39 is 12.0 Å². The van der Waals surface area contributed by atoms with Gasteiger partial charge in [0.25, 0.3) is 0 Å². The molecule has 0 saturated carbocycles. The van der Waals surface area contributed by atoms with E-state index in [4.69, 9.17) is 10.8 Å². The summed E-state index contributed by atoms with van der Waals surface area (Å²) in [5, 5.41) is 11.5. The van der Waals surface area contributed by atoms with Gasteiger partial charge in [0.15, 0.2) is 5.13 Å². The molecule has 1 aliphatic heterocycles. The number of hydrogen-bond acceptors (Lipinski definition) is 6. The predicted molar refractivity (Wildman–Crippen MR) is 75.6 cm³/mol. The van der Waals surface area contributed by atoms with Crippen LogP contribution >= 0.6 is 11.3 Å². The molecule has 0 spiro atoms. The van der Waals surface area contributed by atoms with Crippen molar-refractivity contribution >= 4 is 22.4 Å². The lowest BCUT2D eigenvalue weighted by atomic mass is 10.1. The van der Waals surface area contributed by atoms with E-state index in [2.05, 4.69) is 35.7 Å². The largest absolute Gasteiger partial charge is 0.480 e. The third-order valence-corrected chi connectivity index (χ3v) is 4.64. The van der Waals surface area contributed by atoms with E-state index in [1.165, 1.54) is 11.3 Å². The summed E-state index contributed by atoms with van der Waals surface area (Å²) < 4.78 is 0. The Bertz CT molecular complexity index is 452. The van der Waals surface area contributed by atoms with Gasteiger partial charge in [-0.3, -0.25) is 9.69 Å². The first kappa shape index (κ1) is 14.2. The molecule has 1 aromatic rings. The van der Waals surface area contributed by atoms with Gasteiger partial charge in [0.1, 0.15) is 6.04 Å². The van der Waals surface area contributed by atoms with E-state index in [1.807, 2.05) is 0 Å². The first-order valence-electron chi connectivity index (χ1n) is 6.31. The molecule has 3 unspecified atom stereocenters. The first-order valence-corrected chi connectivity index (χ1v) is 7.18. The number of piperazine rings is 1. The summed E-state index contributed by atoms with van der Waals surface area (Å²) in [6.45, 7) is 6.16. The fraction of sp³-hybridized carbons (Fsp3) is 0.667. The zero-order chi connectivity index (χ0) is 14.2. The molecule has 2 heterocycles. The van der Waals surface area contributed by atoms with Crippen LogP contribution in [0.1, 0.15) is 25.6 Å². The molecule has 0 aliphatic carbocycles. The molecule has 0 aromatic carbocycles. The van der Waals surface area contributed by atoms with E-state index in [9.17, 15) is 4.79 Å². The molecule has 0 bridgehead atoms. The number of hydrogen-bond donors (Lipinski definition) is 2. The van der Waals surface area contributed by atoms with Crippen LogP contribution in [0, 0.1) is 0 Å². The summed E-state index contributed by atoms with van der Waals surface area (Å²) in [5.74, 6) is -1.04. The summed E-state index contributed by atoms with van der Waals surface area (Å²) in [6, 6.07) is -0.138. The van der Waals surface area contributed by atoms with Gasteiger partial charge in [-0.2, -0.15) is 0 Å². The third-order valence-electron chi connectivity index (χ3n) is 3.72. The molecule has 2 rings (SSSR count). The Labute approximate surface area is 116 Å². The van der Waals surface area contributed by atoms with E-state index in [-0.39, 0.29) is 0 Å². The average Bonchev–Trinajstić information content (AvgIpc) is 2.83. The van der Waals surface area contributed by atoms with Gasteiger partial charge < -0.3 is 15.7 Å². The molecule has 1 saturated heterocycles. The van der Waals surface area contributed by atoms with Crippen LogP contribution in [0.15, 0.2) is 5.38 Å². The Hall–Kier alpha value is -1.18. The number of thiazole rings is 1. The van der Waals surface area contributed by atoms with Gasteiger partial charge in [0, 0.05) is 30.6 Å². The van der Waals surface area contributed by atoms with Gasteiger partial charge in [0.05, 0.1) is 5.69 Å². The Balaban J connectivity index is 2.13. The van der Waals surface area contributed by atoms with Crippen molar-refractivity contribution in [1.29, 1.82) is 0 Å².